The molecule has 1 aromatic rings. The van der Waals surface area contributed by atoms with Crippen molar-refractivity contribution >= 4 is 23.4 Å². The molecule has 0 spiro atoms. The Morgan fingerprint density at radius 2 is 2.37 bits per heavy atom. The molecule has 5 nitrogen and oxygen atoms in total. The minimum Gasteiger partial charge on any atom is -0.478 e. The summed E-state index contributed by atoms with van der Waals surface area (Å²) in [5, 5.41) is 12.3. The summed E-state index contributed by atoms with van der Waals surface area (Å²) in [5.41, 5.74) is 0.0960. The van der Waals surface area contributed by atoms with Crippen LogP contribution in [0.3, 0.4) is 0 Å². The maximum Gasteiger partial charge on any atom is 0.337 e. The molecule has 2 N–H and O–H groups in total. The molecule has 0 amide bonds. The summed E-state index contributed by atoms with van der Waals surface area (Å²) in [6.07, 6.45) is 3.85. The number of hydrogen-bond donors (Lipinski definition) is 2. The largest absolute Gasteiger partial charge is 0.478 e. The lowest BCUT2D eigenvalue weighted by Crippen LogP contribution is -2.36. The molecule has 2 rings (SSSR count). The highest BCUT2D eigenvalue weighted by Gasteiger charge is 2.28. The van der Waals surface area contributed by atoms with Crippen molar-refractivity contribution in [2.24, 2.45) is 0 Å². The summed E-state index contributed by atoms with van der Waals surface area (Å²) >= 11 is 6.01. The maximum absolute atomic E-state index is 10.8. The number of hydrogen-bond acceptors (Lipinski definition) is 4. The number of pyridine rings is 1. The molecule has 6 heteroatoms. The van der Waals surface area contributed by atoms with Crippen LogP contribution >= 0.6 is 11.6 Å². The van der Waals surface area contributed by atoms with Gasteiger partial charge in [0.05, 0.1) is 10.6 Å². The van der Waals surface area contributed by atoms with Crippen LogP contribution in [0.5, 0.6) is 0 Å². The number of carboxylic acids is 1. The number of aromatic nitrogens is 1. The summed E-state index contributed by atoms with van der Waals surface area (Å²) in [7, 11) is 2.12. The van der Waals surface area contributed by atoms with Gasteiger partial charge in [-0.3, -0.25) is 4.90 Å². The van der Waals surface area contributed by atoms with Crippen molar-refractivity contribution in [1.29, 1.82) is 0 Å². The summed E-state index contributed by atoms with van der Waals surface area (Å²) in [6, 6.07) is 2.49. The minimum absolute atomic E-state index is 0.0960. The van der Waals surface area contributed by atoms with Crippen molar-refractivity contribution in [3.63, 3.8) is 0 Å². The van der Waals surface area contributed by atoms with E-state index in [1.54, 1.807) is 0 Å². The van der Waals surface area contributed by atoms with E-state index in [9.17, 15) is 4.79 Å². The molecule has 0 bridgehead atoms. The van der Waals surface area contributed by atoms with Crippen LogP contribution in [-0.4, -0.2) is 46.6 Å². The molecule has 104 valence electrons. The van der Waals surface area contributed by atoms with Gasteiger partial charge in [-0.25, -0.2) is 9.78 Å². The predicted octanol–water partition coefficient (Wildman–Crippen LogP) is 2.33. The molecule has 0 aliphatic heterocycles. The van der Waals surface area contributed by atoms with Gasteiger partial charge in [0, 0.05) is 24.8 Å². The molecule has 1 fully saturated rings. The Kier molecular flexibility index (Phi) is 4.27. The zero-order valence-corrected chi connectivity index (χ0v) is 11.8. The summed E-state index contributed by atoms with van der Waals surface area (Å²) in [4.78, 5) is 17.2. The van der Waals surface area contributed by atoms with Gasteiger partial charge in [-0.15, -0.1) is 0 Å². The lowest BCUT2D eigenvalue weighted by atomic mass is 10.2. The predicted molar refractivity (Wildman–Crippen MR) is 74.9 cm³/mol. The van der Waals surface area contributed by atoms with Gasteiger partial charge in [0.15, 0.2) is 0 Å². The second-order valence-electron chi connectivity index (χ2n) is 4.99. The Morgan fingerprint density at radius 3 is 2.89 bits per heavy atom. The van der Waals surface area contributed by atoms with E-state index >= 15 is 0 Å². The van der Waals surface area contributed by atoms with Crippen LogP contribution in [0.2, 0.25) is 5.02 Å². The van der Waals surface area contributed by atoms with Crippen LogP contribution < -0.4 is 5.32 Å². The van der Waals surface area contributed by atoms with Gasteiger partial charge in [-0.1, -0.05) is 11.6 Å². The van der Waals surface area contributed by atoms with Crippen LogP contribution in [0.25, 0.3) is 0 Å². The van der Waals surface area contributed by atoms with Gasteiger partial charge in [-0.2, -0.15) is 0 Å². The fourth-order valence-electron chi connectivity index (χ4n) is 1.92. The molecule has 1 aliphatic rings. The minimum atomic E-state index is -1.03. The molecule has 0 aromatic carbocycles. The number of carboxylic acid groups (broad SMARTS) is 1. The monoisotopic (exact) mass is 283 g/mol. The first-order chi connectivity index (χ1) is 8.99. The number of nitrogens with zero attached hydrogens (tertiary/aromatic N) is 2. The third-order valence-electron chi connectivity index (χ3n) is 3.47. The fourth-order valence-corrected chi connectivity index (χ4v) is 2.15. The van der Waals surface area contributed by atoms with Crippen molar-refractivity contribution in [2.75, 3.05) is 18.9 Å². The molecule has 1 atom stereocenters. The Morgan fingerprint density at radius 1 is 1.68 bits per heavy atom. The number of nitrogens with one attached hydrogen (secondary N) is 1. The highest BCUT2D eigenvalue weighted by molar-refractivity contribution is 6.33. The molecule has 1 unspecified atom stereocenters. The SMILES string of the molecule is CC(CNc1ncc(C(=O)O)cc1Cl)N(C)C1CC1. The number of aromatic carboxylic acids is 1. The van der Waals surface area contributed by atoms with Gasteiger partial charge >= 0.3 is 5.97 Å². The summed E-state index contributed by atoms with van der Waals surface area (Å²) in [6.45, 7) is 2.87. The van der Waals surface area contributed by atoms with E-state index in [1.165, 1.54) is 25.1 Å². The van der Waals surface area contributed by atoms with Crippen LogP contribution in [0.15, 0.2) is 12.3 Å². The van der Waals surface area contributed by atoms with Crippen LogP contribution in [0.4, 0.5) is 5.82 Å². The Bertz CT molecular complexity index is 477. The van der Waals surface area contributed by atoms with Gasteiger partial charge in [-0.05, 0) is 32.9 Å². The first-order valence-corrected chi connectivity index (χ1v) is 6.71. The van der Waals surface area contributed by atoms with Gasteiger partial charge in [0.25, 0.3) is 0 Å². The topological polar surface area (TPSA) is 65.5 Å². The zero-order chi connectivity index (χ0) is 14.0. The highest BCUT2D eigenvalue weighted by Crippen LogP contribution is 2.27. The van der Waals surface area contributed by atoms with E-state index in [4.69, 9.17) is 16.7 Å². The van der Waals surface area contributed by atoms with Crippen molar-refractivity contribution in [2.45, 2.75) is 31.8 Å². The molecule has 1 heterocycles. The second-order valence-corrected chi connectivity index (χ2v) is 5.39. The molecular formula is C13H18ClN3O2. The van der Waals surface area contributed by atoms with Crippen molar-refractivity contribution in [3.8, 4) is 0 Å². The molecule has 0 radical (unpaired) electrons. The molecular weight excluding hydrogens is 266 g/mol. The van der Waals surface area contributed by atoms with E-state index in [0.29, 0.717) is 22.9 Å². The summed E-state index contributed by atoms with van der Waals surface area (Å²) < 4.78 is 0. The van der Waals surface area contributed by atoms with Gasteiger partial charge in [0.1, 0.15) is 5.82 Å². The van der Waals surface area contributed by atoms with E-state index < -0.39 is 5.97 Å². The Hall–Kier alpha value is -1.33. The second kappa shape index (κ2) is 5.75. The number of rotatable bonds is 6. The standard InChI is InChI=1S/C13H18ClN3O2/c1-8(17(2)10-3-4-10)6-15-12-11(14)5-9(7-16-12)13(18)19/h5,7-8,10H,3-4,6H2,1-2H3,(H,15,16)(H,18,19). The first kappa shape index (κ1) is 14.1. The van der Waals surface area contributed by atoms with E-state index in [1.807, 2.05) is 0 Å². The third kappa shape index (κ3) is 3.58. The van der Waals surface area contributed by atoms with E-state index in [2.05, 4.69) is 29.2 Å². The molecule has 1 saturated carbocycles. The Balaban J connectivity index is 1.93. The third-order valence-corrected chi connectivity index (χ3v) is 3.76. The Labute approximate surface area is 117 Å². The molecule has 1 aliphatic carbocycles. The molecule has 0 saturated heterocycles. The smallest absolute Gasteiger partial charge is 0.337 e. The quantitative estimate of drug-likeness (QED) is 0.839. The average Bonchev–Trinajstić information content (AvgIpc) is 3.20. The zero-order valence-electron chi connectivity index (χ0n) is 11.1. The number of anilines is 1. The number of likely N-dealkylation sites (N-methyl/N-ethyl adjacent to an activating group) is 1. The number of halogens is 1. The number of carbonyl (C=O) groups is 1. The molecule has 19 heavy (non-hydrogen) atoms. The summed E-state index contributed by atoms with van der Waals surface area (Å²) in [5.74, 6) is -0.495. The van der Waals surface area contributed by atoms with Gasteiger partial charge in [0.2, 0.25) is 0 Å². The lowest BCUT2D eigenvalue weighted by molar-refractivity contribution is 0.0696. The normalized spacial score (nSPS) is 16.4. The first-order valence-electron chi connectivity index (χ1n) is 6.33. The highest BCUT2D eigenvalue weighted by atomic mass is 35.5. The van der Waals surface area contributed by atoms with Crippen molar-refractivity contribution in [3.05, 3.63) is 22.8 Å². The van der Waals surface area contributed by atoms with Crippen molar-refractivity contribution in [1.82, 2.24) is 9.88 Å². The van der Waals surface area contributed by atoms with Gasteiger partial charge < -0.3 is 10.4 Å². The molecule has 1 aromatic heterocycles. The van der Waals surface area contributed by atoms with Crippen molar-refractivity contribution < 1.29 is 9.90 Å². The lowest BCUT2D eigenvalue weighted by Gasteiger charge is -2.25. The van der Waals surface area contributed by atoms with E-state index in [0.717, 1.165) is 6.54 Å². The van der Waals surface area contributed by atoms with Crippen LogP contribution in [0, 0.1) is 0 Å². The fraction of sp³-hybridized carbons (Fsp3) is 0.538. The van der Waals surface area contributed by atoms with E-state index in [-0.39, 0.29) is 5.56 Å². The van der Waals surface area contributed by atoms with Crippen LogP contribution in [-0.2, 0) is 0 Å². The average molecular weight is 284 g/mol. The maximum atomic E-state index is 10.8. The van der Waals surface area contributed by atoms with Crippen LogP contribution in [0.1, 0.15) is 30.1 Å².